The molecule has 1 aromatic carbocycles. The Hall–Kier alpha value is -1.84. The molecule has 2 N–H and O–H groups in total. The summed E-state index contributed by atoms with van der Waals surface area (Å²) in [5.41, 5.74) is 2.16. The molecular weight excluding hydrogens is 166 g/mol. The SMILES string of the molecule is Cc1ccccc1-c1n[nH][nH]c1=O. The number of rotatable bonds is 1. The number of aromatic amines is 2. The number of nitrogens with zero attached hydrogens (tertiary/aromatic N) is 1. The van der Waals surface area contributed by atoms with E-state index < -0.39 is 0 Å². The number of aromatic nitrogens is 3. The van der Waals surface area contributed by atoms with E-state index in [0.717, 1.165) is 11.1 Å². The van der Waals surface area contributed by atoms with Gasteiger partial charge in [0.15, 0.2) is 5.69 Å². The van der Waals surface area contributed by atoms with Gasteiger partial charge < -0.3 is 0 Å². The van der Waals surface area contributed by atoms with Crippen molar-refractivity contribution in [2.24, 2.45) is 0 Å². The smallest absolute Gasteiger partial charge is 0.265 e. The number of benzene rings is 1. The van der Waals surface area contributed by atoms with E-state index in [1.54, 1.807) is 0 Å². The maximum absolute atomic E-state index is 11.2. The second-order valence-corrected chi connectivity index (χ2v) is 2.84. The molecule has 66 valence electrons. The van der Waals surface area contributed by atoms with Gasteiger partial charge in [0.25, 0.3) is 5.56 Å². The van der Waals surface area contributed by atoms with E-state index in [0.29, 0.717) is 5.69 Å². The highest BCUT2D eigenvalue weighted by molar-refractivity contribution is 5.61. The molecule has 0 saturated heterocycles. The molecule has 13 heavy (non-hydrogen) atoms. The minimum atomic E-state index is -0.186. The summed E-state index contributed by atoms with van der Waals surface area (Å²) in [5.74, 6) is 0. The van der Waals surface area contributed by atoms with Crippen LogP contribution in [0.4, 0.5) is 0 Å². The van der Waals surface area contributed by atoms with Crippen LogP contribution >= 0.6 is 0 Å². The number of nitrogens with one attached hydrogen (secondary N) is 2. The highest BCUT2D eigenvalue weighted by Gasteiger charge is 2.07. The number of hydrogen-bond acceptors (Lipinski definition) is 2. The zero-order valence-electron chi connectivity index (χ0n) is 7.16. The lowest BCUT2D eigenvalue weighted by atomic mass is 10.1. The van der Waals surface area contributed by atoms with Gasteiger partial charge in [-0.05, 0) is 12.5 Å². The average molecular weight is 175 g/mol. The van der Waals surface area contributed by atoms with Crippen LogP contribution in [0, 0.1) is 6.92 Å². The summed E-state index contributed by atoms with van der Waals surface area (Å²) in [4.78, 5) is 11.2. The fraction of sp³-hybridized carbons (Fsp3) is 0.111. The maximum atomic E-state index is 11.2. The molecule has 4 nitrogen and oxygen atoms in total. The van der Waals surface area contributed by atoms with Gasteiger partial charge >= 0.3 is 0 Å². The van der Waals surface area contributed by atoms with Crippen molar-refractivity contribution in [1.29, 1.82) is 0 Å². The van der Waals surface area contributed by atoms with Crippen molar-refractivity contribution >= 4 is 0 Å². The minimum absolute atomic E-state index is 0.186. The van der Waals surface area contributed by atoms with E-state index in [-0.39, 0.29) is 5.56 Å². The number of H-pyrrole nitrogens is 2. The summed E-state index contributed by atoms with van der Waals surface area (Å²) in [6.07, 6.45) is 0. The van der Waals surface area contributed by atoms with Crippen molar-refractivity contribution in [3.05, 3.63) is 40.2 Å². The van der Waals surface area contributed by atoms with Crippen LogP contribution in [-0.4, -0.2) is 15.4 Å². The largest absolute Gasteiger partial charge is 0.291 e. The van der Waals surface area contributed by atoms with Gasteiger partial charge in [0.2, 0.25) is 0 Å². The Balaban J connectivity index is 2.66. The lowest BCUT2D eigenvalue weighted by Gasteiger charge is -1.98. The molecule has 0 atom stereocenters. The van der Waals surface area contributed by atoms with Crippen LogP contribution in [0.5, 0.6) is 0 Å². The molecule has 0 unspecified atom stereocenters. The van der Waals surface area contributed by atoms with Gasteiger partial charge in [-0.15, -0.1) is 0 Å². The Bertz CT molecular complexity index is 469. The molecule has 1 heterocycles. The van der Waals surface area contributed by atoms with Crippen LogP contribution < -0.4 is 5.56 Å². The van der Waals surface area contributed by atoms with Gasteiger partial charge in [-0.25, -0.2) is 10.3 Å². The molecule has 0 aliphatic heterocycles. The fourth-order valence-electron chi connectivity index (χ4n) is 1.27. The Morgan fingerprint density at radius 3 is 2.69 bits per heavy atom. The van der Waals surface area contributed by atoms with Crippen LogP contribution in [0.15, 0.2) is 29.1 Å². The summed E-state index contributed by atoms with van der Waals surface area (Å²) in [7, 11) is 0. The third kappa shape index (κ3) is 1.26. The summed E-state index contributed by atoms with van der Waals surface area (Å²) in [6.45, 7) is 1.95. The Labute approximate surface area is 74.6 Å². The first kappa shape index (κ1) is 7.79. The molecule has 0 radical (unpaired) electrons. The van der Waals surface area contributed by atoms with Crippen LogP contribution in [-0.2, 0) is 0 Å². The zero-order chi connectivity index (χ0) is 9.26. The zero-order valence-corrected chi connectivity index (χ0v) is 7.16. The summed E-state index contributed by atoms with van der Waals surface area (Å²) in [6, 6.07) is 7.64. The van der Waals surface area contributed by atoms with Crippen LogP contribution in [0.2, 0.25) is 0 Å². The van der Waals surface area contributed by atoms with E-state index in [1.807, 2.05) is 31.2 Å². The molecule has 4 heteroatoms. The third-order valence-electron chi connectivity index (χ3n) is 1.95. The first-order valence-electron chi connectivity index (χ1n) is 3.98. The van der Waals surface area contributed by atoms with E-state index in [1.165, 1.54) is 0 Å². The van der Waals surface area contributed by atoms with Crippen molar-refractivity contribution in [3.8, 4) is 11.3 Å². The normalized spacial score (nSPS) is 10.2. The van der Waals surface area contributed by atoms with E-state index in [9.17, 15) is 4.79 Å². The fourth-order valence-corrected chi connectivity index (χ4v) is 1.27. The summed E-state index contributed by atoms with van der Waals surface area (Å²) >= 11 is 0. The van der Waals surface area contributed by atoms with Gasteiger partial charge in [0.05, 0.1) is 0 Å². The maximum Gasteiger partial charge on any atom is 0.291 e. The predicted molar refractivity (Wildman–Crippen MR) is 49.4 cm³/mol. The molecule has 0 spiro atoms. The second kappa shape index (κ2) is 2.90. The summed E-state index contributed by atoms with van der Waals surface area (Å²) < 4.78 is 0. The number of hydrogen-bond donors (Lipinski definition) is 2. The van der Waals surface area contributed by atoms with Gasteiger partial charge in [0, 0.05) is 5.56 Å². The molecular formula is C9H9N3O. The molecule has 0 aliphatic rings. The lowest BCUT2D eigenvalue weighted by molar-refractivity contribution is 0.931. The molecule has 1 aromatic heterocycles. The van der Waals surface area contributed by atoms with E-state index in [4.69, 9.17) is 0 Å². The van der Waals surface area contributed by atoms with Crippen molar-refractivity contribution in [1.82, 2.24) is 15.4 Å². The van der Waals surface area contributed by atoms with Crippen molar-refractivity contribution in [3.63, 3.8) is 0 Å². The Morgan fingerprint density at radius 1 is 1.31 bits per heavy atom. The van der Waals surface area contributed by atoms with Crippen molar-refractivity contribution in [2.45, 2.75) is 6.92 Å². The Morgan fingerprint density at radius 2 is 2.08 bits per heavy atom. The molecule has 0 amide bonds. The number of aryl methyl sites for hydroxylation is 1. The highest BCUT2D eigenvalue weighted by Crippen LogP contribution is 2.16. The molecule has 0 aliphatic carbocycles. The molecule has 2 aromatic rings. The first-order chi connectivity index (χ1) is 6.29. The summed E-state index contributed by atoms with van der Waals surface area (Å²) in [5, 5.41) is 8.69. The van der Waals surface area contributed by atoms with Crippen molar-refractivity contribution in [2.75, 3.05) is 0 Å². The minimum Gasteiger partial charge on any atom is -0.265 e. The van der Waals surface area contributed by atoms with Crippen molar-refractivity contribution < 1.29 is 0 Å². The topological polar surface area (TPSA) is 61.5 Å². The van der Waals surface area contributed by atoms with Crippen LogP contribution in [0.3, 0.4) is 0 Å². The molecule has 0 saturated carbocycles. The highest BCUT2D eigenvalue weighted by atomic mass is 16.1. The molecule has 0 bridgehead atoms. The van der Waals surface area contributed by atoms with Gasteiger partial charge in [0.1, 0.15) is 0 Å². The quantitative estimate of drug-likeness (QED) is 0.681. The van der Waals surface area contributed by atoms with Crippen LogP contribution in [0.1, 0.15) is 5.56 Å². The third-order valence-corrected chi connectivity index (χ3v) is 1.95. The standard InChI is InChI=1S/C9H9N3O/c1-6-4-2-3-5-7(6)8-9(13)11-12-10-8/h2-5H,1H3,(H2,10,11,12,13). The molecule has 0 fully saturated rings. The van der Waals surface area contributed by atoms with Gasteiger partial charge in [-0.3, -0.25) is 4.79 Å². The first-order valence-corrected chi connectivity index (χ1v) is 3.98. The van der Waals surface area contributed by atoms with Gasteiger partial charge in [-0.2, -0.15) is 5.10 Å². The second-order valence-electron chi connectivity index (χ2n) is 2.84. The lowest BCUT2D eigenvalue weighted by Crippen LogP contribution is -2.02. The van der Waals surface area contributed by atoms with E-state index >= 15 is 0 Å². The van der Waals surface area contributed by atoms with Gasteiger partial charge in [-0.1, -0.05) is 24.3 Å². The molecule has 2 rings (SSSR count). The van der Waals surface area contributed by atoms with Crippen LogP contribution in [0.25, 0.3) is 11.3 Å². The van der Waals surface area contributed by atoms with E-state index in [2.05, 4.69) is 15.4 Å². The predicted octanol–water partition coefficient (Wildman–Crippen LogP) is 1.07. The Kier molecular flexibility index (Phi) is 1.73. The average Bonchev–Trinajstić information content (AvgIpc) is 2.52. The monoisotopic (exact) mass is 175 g/mol.